The maximum atomic E-state index is 12.8. The van der Waals surface area contributed by atoms with Crippen LogP contribution in [-0.4, -0.2) is 22.8 Å². The summed E-state index contributed by atoms with van der Waals surface area (Å²) in [6, 6.07) is 16.9. The maximum Gasteiger partial charge on any atom is 0.278 e. The second-order valence-corrected chi connectivity index (χ2v) is 6.18. The quantitative estimate of drug-likeness (QED) is 0.876. The molecule has 2 aromatic carbocycles. The molecule has 0 unspecified atom stereocenters. The van der Waals surface area contributed by atoms with E-state index in [4.69, 9.17) is 0 Å². The van der Waals surface area contributed by atoms with Gasteiger partial charge < -0.3 is 5.32 Å². The molecule has 24 heavy (non-hydrogen) atoms. The molecule has 1 aliphatic rings. The smallest absolute Gasteiger partial charge is 0.278 e. The molecule has 3 rings (SSSR count). The van der Waals surface area contributed by atoms with Crippen LogP contribution in [0.4, 0.5) is 5.69 Å². The Morgan fingerprint density at radius 2 is 1.62 bits per heavy atom. The highest BCUT2D eigenvalue weighted by atomic mass is 16.2. The van der Waals surface area contributed by atoms with E-state index in [9.17, 15) is 9.59 Å². The first kappa shape index (κ1) is 16.0. The summed E-state index contributed by atoms with van der Waals surface area (Å²) in [6.07, 6.45) is 0. The predicted molar refractivity (Wildman–Crippen MR) is 95.2 cm³/mol. The van der Waals surface area contributed by atoms with Gasteiger partial charge in [-0.05, 0) is 44.0 Å². The van der Waals surface area contributed by atoms with Crippen molar-refractivity contribution in [3.8, 4) is 0 Å². The fourth-order valence-corrected chi connectivity index (χ4v) is 2.87. The van der Waals surface area contributed by atoms with Crippen molar-refractivity contribution in [3.05, 3.63) is 71.4 Å². The van der Waals surface area contributed by atoms with Gasteiger partial charge in [0.1, 0.15) is 5.70 Å². The first-order valence-electron chi connectivity index (χ1n) is 8.00. The number of carbonyl (C=O) groups is 2. The van der Waals surface area contributed by atoms with Gasteiger partial charge in [-0.2, -0.15) is 0 Å². The van der Waals surface area contributed by atoms with Crippen LogP contribution in [0.15, 0.2) is 60.3 Å². The molecule has 0 spiro atoms. The van der Waals surface area contributed by atoms with Crippen molar-refractivity contribution in [1.82, 2.24) is 4.90 Å². The molecule has 0 radical (unpaired) electrons. The molecule has 2 amide bonds. The minimum atomic E-state index is -0.282. The van der Waals surface area contributed by atoms with E-state index in [1.165, 1.54) is 4.90 Å². The summed E-state index contributed by atoms with van der Waals surface area (Å²) >= 11 is 0. The highest BCUT2D eigenvalue weighted by molar-refractivity contribution is 6.36. The van der Waals surface area contributed by atoms with Crippen LogP contribution in [0, 0.1) is 6.92 Å². The van der Waals surface area contributed by atoms with E-state index in [-0.39, 0.29) is 17.9 Å². The van der Waals surface area contributed by atoms with Crippen molar-refractivity contribution < 1.29 is 9.59 Å². The van der Waals surface area contributed by atoms with Gasteiger partial charge in [0.2, 0.25) is 0 Å². The number of rotatable bonds is 4. The lowest BCUT2D eigenvalue weighted by molar-refractivity contribution is -0.138. The minimum Gasteiger partial charge on any atom is -0.350 e. The van der Waals surface area contributed by atoms with Gasteiger partial charge in [0.15, 0.2) is 0 Å². The SMILES string of the molecule is Cc1cccc(NC2=C(c3ccccc3)C(=O)N(C(C)C)C2=O)c1. The number of aryl methyl sites for hydroxylation is 1. The van der Waals surface area contributed by atoms with Crippen molar-refractivity contribution in [2.45, 2.75) is 26.8 Å². The lowest BCUT2D eigenvalue weighted by Crippen LogP contribution is -2.38. The number of amides is 2. The molecule has 1 N–H and O–H groups in total. The summed E-state index contributed by atoms with van der Waals surface area (Å²) < 4.78 is 0. The third kappa shape index (κ3) is 2.83. The third-order valence-electron chi connectivity index (χ3n) is 3.98. The number of anilines is 1. The lowest BCUT2D eigenvalue weighted by atomic mass is 10.0. The van der Waals surface area contributed by atoms with Crippen molar-refractivity contribution in [2.24, 2.45) is 0 Å². The van der Waals surface area contributed by atoms with E-state index in [0.717, 1.165) is 16.8 Å². The summed E-state index contributed by atoms with van der Waals surface area (Å²) in [6.45, 7) is 5.67. The number of nitrogens with zero attached hydrogens (tertiary/aromatic N) is 1. The van der Waals surface area contributed by atoms with Crippen LogP contribution in [0.1, 0.15) is 25.0 Å². The van der Waals surface area contributed by atoms with Crippen molar-refractivity contribution in [2.75, 3.05) is 5.32 Å². The lowest BCUT2D eigenvalue weighted by Gasteiger charge is -2.19. The molecule has 1 aliphatic heterocycles. The Hall–Kier alpha value is -2.88. The fraction of sp³-hybridized carbons (Fsp3) is 0.200. The molecule has 0 saturated carbocycles. The van der Waals surface area contributed by atoms with E-state index in [0.29, 0.717) is 11.3 Å². The number of carbonyl (C=O) groups excluding carboxylic acids is 2. The molecule has 0 fully saturated rings. The van der Waals surface area contributed by atoms with Crippen LogP contribution in [0.25, 0.3) is 5.57 Å². The second kappa shape index (κ2) is 6.32. The van der Waals surface area contributed by atoms with Gasteiger partial charge >= 0.3 is 0 Å². The van der Waals surface area contributed by atoms with E-state index < -0.39 is 0 Å². The van der Waals surface area contributed by atoms with Crippen LogP contribution in [0.2, 0.25) is 0 Å². The highest BCUT2D eigenvalue weighted by Gasteiger charge is 2.40. The highest BCUT2D eigenvalue weighted by Crippen LogP contribution is 2.31. The van der Waals surface area contributed by atoms with Crippen molar-refractivity contribution in [3.63, 3.8) is 0 Å². The van der Waals surface area contributed by atoms with Crippen molar-refractivity contribution in [1.29, 1.82) is 0 Å². The fourth-order valence-electron chi connectivity index (χ4n) is 2.87. The first-order valence-corrected chi connectivity index (χ1v) is 8.00. The largest absolute Gasteiger partial charge is 0.350 e. The Bertz CT molecular complexity index is 823. The van der Waals surface area contributed by atoms with Gasteiger partial charge in [0.05, 0.1) is 5.57 Å². The van der Waals surface area contributed by atoms with E-state index >= 15 is 0 Å². The third-order valence-corrected chi connectivity index (χ3v) is 3.98. The van der Waals surface area contributed by atoms with Crippen LogP contribution in [-0.2, 0) is 9.59 Å². The summed E-state index contributed by atoms with van der Waals surface area (Å²) in [5.41, 5.74) is 3.39. The van der Waals surface area contributed by atoms with Gasteiger partial charge in [-0.1, -0.05) is 42.5 Å². The molecule has 1 heterocycles. The van der Waals surface area contributed by atoms with Crippen LogP contribution in [0.5, 0.6) is 0 Å². The van der Waals surface area contributed by atoms with E-state index in [2.05, 4.69) is 5.32 Å². The van der Waals surface area contributed by atoms with E-state index in [1.54, 1.807) is 0 Å². The Morgan fingerprint density at radius 3 is 2.25 bits per heavy atom. The summed E-state index contributed by atoms with van der Waals surface area (Å²) in [7, 11) is 0. The Kier molecular flexibility index (Phi) is 4.21. The standard InChI is InChI=1S/C20H20N2O2/c1-13(2)22-19(23)17(15-9-5-4-6-10-15)18(20(22)24)21-16-11-7-8-14(3)12-16/h4-13,21H,1-3H3. The van der Waals surface area contributed by atoms with Crippen LogP contribution in [0.3, 0.4) is 0 Å². The van der Waals surface area contributed by atoms with Gasteiger partial charge in [-0.25, -0.2) is 0 Å². The summed E-state index contributed by atoms with van der Waals surface area (Å²) in [5, 5.41) is 3.16. The first-order chi connectivity index (χ1) is 11.5. The number of nitrogens with one attached hydrogen (secondary N) is 1. The molecular weight excluding hydrogens is 300 g/mol. The molecular formula is C20H20N2O2. The average molecular weight is 320 g/mol. The molecule has 0 aliphatic carbocycles. The number of imide groups is 1. The molecule has 0 aromatic heterocycles. The Balaban J connectivity index is 2.10. The Morgan fingerprint density at radius 1 is 0.917 bits per heavy atom. The minimum absolute atomic E-state index is 0.194. The van der Waals surface area contributed by atoms with E-state index in [1.807, 2.05) is 75.4 Å². The zero-order valence-corrected chi connectivity index (χ0v) is 14.0. The van der Waals surface area contributed by atoms with Gasteiger partial charge in [-0.3, -0.25) is 14.5 Å². The van der Waals surface area contributed by atoms with Crippen LogP contribution < -0.4 is 5.32 Å². The molecule has 122 valence electrons. The van der Waals surface area contributed by atoms with Crippen LogP contribution >= 0.6 is 0 Å². The topological polar surface area (TPSA) is 49.4 Å². The molecule has 2 aromatic rings. The zero-order valence-electron chi connectivity index (χ0n) is 14.0. The zero-order chi connectivity index (χ0) is 17.3. The number of benzene rings is 2. The second-order valence-electron chi connectivity index (χ2n) is 6.18. The van der Waals surface area contributed by atoms with Gasteiger partial charge in [0, 0.05) is 11.7 Å². The van der Waals surface area contributed by atoms with Gasteiger partial charge in [0.25, 0.3) is 11.8 Å². The molecule has 0 bridgehead atoms. The summed E-state index contributed by atoms with van der Waals surface area (Å²) in [4.78, 5) is 27.0. The normalized spacial score (nSPS) is 14.8. The molecule has 4 nitrogen and oxygen atoms in total. The predicted octanol–water partition coefficient (Wildman–Crippen LogP) is 3.60. The molecule has 0 saturated heterocycles. The van der Waals surface area contributed by atoms with Crippen molar-refractivity contribution >= 4 is 23.1 Å². The van der Waals surface area contributed by atoms with Gasteiger partial charge in [-0.15, -0.1) is 0 Å². The number of hydrogen-bond donors (Lipinski definition) is 1. The molecule has 0 atom stereocenters. The molecule has 4 heteroatoms. The monoisotopic (exact) mass is 320 g/mol. The number of hydrogen-bond acceptors (Lipinski definition) is 3. The average Bonchev–Trinajstić information content (AvgIpc) is 2.79. The maximum absolute atomic E-state index is 12.8. The Labute approximate surface area is 141 Å². The summed E-state index contributed by atoms with van der Waals surface area (Å²) in [5.74, 6) is -0.535.